The number of non-ortho nitro benzene ring substituents is 1. The summed E-state index contributed by atoms with van der Waals surface area (Å²) < 4.78 is 5.00. The molecule has 0 N–H and O–H groups in total. The van der Waals surface area contributed by atoms with E-state index in [1.54, 1.807) is 6.92 Å². The highest BCUT2D eigenvalue weighted by molar-refractivity contribution is 5.97. The fourth-order valence-corrected chi connectivity index (χ4v) is 1.55. The van der Waals surface area contributed by atoms with Gasteiger partial charge in [0.2, 0.25) is 0 Å². The normalized spacial score (nSPS) is 9.53. The summed E-state index contributed by atoms with van der Waals surface area (Å²) in [5.74, 6) is -0.272. The second kappa shape index (κ2) is 6.35. The van der Waals surface area contributed by atoms with Crippen molar-refractivity contribution in [2.75, 3.05) is 20.2 Å². The monoisotopic (exact) mass is 263 g/mol. The summed E-state index contributed by atoms with van der Waals surface area (Å²) >= 11 is 0. The summed E-state index contributed by atoms with van der Waals surface area (Å²) in [6.45, 7) is 2.06. The van der Waals surface area contributed by atoms with Gasteiger partial charge in [-0.3, -0.25) is 14.9 Å². The van der Waals surface area contributed by atoms with Crippen LogP contribution in [0.25, 0.3) is 0 Å². The number of nitriles is 1. The fourth-order valence-electron chi connectivity index (χ4n) is 1.55. The SMILES string of the molecule is CCN(CC#N)C(=O)c1ccc([N+](=O)[O-])cc1OC. The second-order valence-corrected chi connectivity index (χ2v) is 3.62. The van der Waals surface area contributed by atoms with Gasteiger partial charge in [-0.2, -0.15) is 5.26 Å². The van der Waals surface area contributed by atoms with Gasteiger partial charge in [-0.1, -0.05) is 0 Å². The molecule has 0 aliphatic rings. The first-order valence-electron chi connectivity index (χ1n) is 5.53. The Balaban J connectivity index is 3.16. The molecule has 0 saturated heterocycles. The number of amides is 1. The summed E-state index contributed by atoms with van der Waals surface area (Å²) in [6.07, 6.45) is 0. The molecule has 0 radical (unpaired) electrons. The lowest BCUT2D eigenvalue weighted by Gasteiger charge is -2.18. The Morgan fingerprint density at radius 3 is 2.74 bits per heavy atom. The van der Waals surface area contributed by atoms with Crippen LogP contribution in [-0.2, 0) is 0 Å². The second-order valence-electron chi connectivity index (χ2n) is 3.62. The highest BCUT2D eigenvalue weighted by Crippen LogP contribution is 2.25. The van der Waals surface area contributed by atoms with Crippen LogP contribution >= 0.6 is 0 Å². The van der Waals surface area contributed by atoms with Crippen molar-refractivity contribution < 1.29 is 14.5 Å². The molecule has 0 fully saturated rings. The Hall–Kier alpha value is -2.62. The van der Waals surface area contributed by atoms with E-state index in [9.17, 15) is 14.9 Å². The number of hydrogen-bond donors (Lipinski definition) is 0. The third kappa shape index (κ3) is 3.19. The standard InChI is InChI=1S/C12H13N3O4/c1-3-14(7-6-13)12(16)10-5-4-9(15(17)18)8-11(10)19-2/h4-5,8H,3,7H2,1-2H3. The van der Waals surface area contributed by atoms with Gasteiger partial charge in [-0.05, 0) is 13.0 Å². The highest BCUT2D eigenvalue weighted by atomic mass is 16.6. The Morgan fingerprint density at radius 1 is 1.58 bits per heavy atom. The van der Waals surface area contributed by atoms with E-state index in [4.69, 9.17) is 10.00 Å². The number of nitro groups is 1. The maximum absolute atomic E-state index is 12.2. The molecule has 1 amide bonds. The molecule has 7 nitrogen and oxygen atoms in total. The molecule has 0 aromatic heterocycles. The number of carbonyl (C=O) groups is 1. The van der Waals surface area contributed by atoms with Crippen LogP contribution in [0.5, 0.6) is 5.75 Å². The smallest absolute Gasteiger partial charge is 0.273 e. The number of hydrogen-bond acceptors (Lipinski definition) is 5. The van der Waals surface area contributed by atoms with Crippen LogP contribution in [0.4, 0.5) is 5.69 Å². The maximum atomic E-state index is 12.2. The van der Waals surface area contributed by atoms with Crippen molar-refractivity contribution >= 4 is 11.6 Å². The average Bonchev–Trinajstić information content (AvgIpc) is 2.43. The van der Waals surface area contributed by atoms with E-state index in [1.807, 2.05) is 6.07 Å². The van der Waals surface area contributed by atoms with E-state index < -0.39 is 10.8 Å². The summed E-state index contributed by atoms with van der Waals surface area (Å²) in [5.41, 5.74) is 0.0435. The summed E-state index contributed by atoms with van der Waals surface area (Å²) in [4.78, 5) is 23.6. The van der Waals surface area contributed by atoms with Crippen molar-refractivity contribution in [3.8, 4) is 11.8 Å². The predicted octanol–water partition coefficient (Wildman–Crippen LogP) is 1.59. The van der Waals surface area contributed by atoms with Crippen molar-refractivity contribution in [3.05, 3.63) is 33.9 Å². The van der Waals surface area contributed by atoms with Crippen molar-refractivity contribution in [1.29, 1.82) is 5.26 Å². The van der Waals surface area contributed by atoms with E-state index in [-0.39, 0.29) is 23.5 Å². The van der Waals surface area contributed by atoms with E-state index in [0.29, 0.717) is 6.54 Å². The van der Waals surface area contributed by atoms with Gasteiger partial charge in [0.1, 0.15) is 12.3 Å². The zero-order valence-electron chi connectivity index (χ0n) is 10.6. The highest BCUT2D eigenvalue weighted by Gasteiger charge is 2.20. The van der Waals surface area contributed by atoms with E-state index >= 15 is 0 Å². The summed E-state index contributed by atoms with van der Waals surface area (Å²) in [6, 6.07) is 5.65. The van der Waals surface area contributed by atoms with Gasteiger partial charge in [0.15, 0.2) is 0 Å². The number of ether oxygens (including phenoxy) is 1. The number of carbonyl (C=O) groups excluding carboxylic acids is 1. The van der Waals surface area contributed by atoms with Crippen LogP contribution in [0.1, 0.15) is 17.3 Å². The molecule has 19 heavy (non-hydrogen) atoms. The minimum absolute atomic E-state index is 0.0462. The minimum atomic E-state index is -0.566. The number of methoxy groups -OCH3 is 1. The molecular formula is C12H13N3O4. The lowest BCUT2D eigenvalue weighted by atomic mass is 10.1. The van der Waals surface area contributed by atoms with Gasteiger partial charge in [-0.25, -0.2) is 0 Å². The first kappa shape index (κ1) is 14.4. The third-order valence-electron chi connectivity index (χ3n) is 2.56. The Kier molecular flexibility index (Phi) is 4.83. The molecular weight excluding hydrogens is 250 g/mol. The zero-order valence-corrected chi connectivity index (χ0v) is 10.6. The van der Waals surface area contributed by atoms with Crippen LogP contribution < -0.4 is 4.74 Å². The average molecular weight is 263 g/mol. The van der Waals surface area contributed by atoms with Gasteiger partial charge in [0.25, 0.3) is 11.6 Å². The lowest BCUT2D eigenvalue weighted by molar-refractivity contribution is -0.384. The molecule has 1 aromatic carbocycles. The van der Waals surface area contributed by atoms with Crippen LogP contribution in [0, 0.1) is 21.4 Å². The predicted molar refractivity (Wildman–Crippen MR) is 66.8 cm³/mol. The van der Waals surface area contributed by atoms with Crippen molar-refractivity contribution in [3.63, 3.8) is 0 Å². The van der Waals surface area contributed by atoms with Crippen molar-refractivity contribution in [1.82, 2.24) is 4.90 Å². The van der Waals surface area contributed by atoms with Gasteiger partial charge in [-0.15, -0.1) is 0 Å². The Morgan fingerprint density at radius 2 is 2.26 bits per heavy atom. The molecule has 0 saturated carbocycles. The van der Waals surface area contributed by atoms with Gasteiger partial charge in [0, 0.05) is 12.6 Å². The number of nitro benzene ring substituents is 1. The molecule has 0 unspecified atom stereocenters. The third-order valence-corrected chi connectivity index (χ3v) is 2.56. The van der Waals surface area contributed by atoms with E-state index in [2.05, 4.69) is 0 Å². The van der Waals surface area contributed by atoms with Crippen LogP contribution in [0.15, 0.2) is 18.2 Å². The fraction of sp³-hybridized carbons (Fsp3) is 0.333. The maximum Gasteiger partial charge on any atom is 0.273 e. The summed E-state index contributed by atoms with van der Waals surface area (Å²) in [5, 5.41) is 19.3. The van der Waals surface area contributed by atoms with Gasteiger partial charge < -0.3 is 9.64 Å². The first-order valence-corrected chi connectivity index (χ1v) is 5.53. The summed E-state index contributed by atoms with van der Waals surface area (Å²) in [7, 11) is 1.33. The Bertz CT molecular complexity index is 536. The zero-order chi connectivity index (χ0) is 14.4. The molecule has 1 rings (SSSR count). The number of nitrogens with zero attached hydrogens (tertiary/aromatic N) is 3. The van der Waals surface area contributed by atoms with Crippen LogP contribution in [-0.4, -0.2) is 35.9 Å². The lowest BCUT2D eigenvalue weighted by Crippen LogP contribution is -2.31. The molecule has 0 bridgehead atoms. The van der Waals surface area contributed by atoms with Gasteiger partial charge in [0.05, 0.1) is 29.7 Å². The molecule has 100 valence electrons. The number of benzene rings is 1. The van der Waals surface area contributed by atoms with Crippen LogP contribution in [0.2, 0.25) is 0 Å². The van der Waals surface area contributed by atoms with E-state index in [0.717, 1.165) is 0 Å². The number of rotatable bonds is 5. The molecule has 0 aliphatic carbocycles. The molecule has 7 heteroatoms. The molecule has 0 spiro atoms. The molecule has 0 aliphatic heterocycles. The minimum Gasteiger partial charge on any atom is -0.496 e. The largest absolute Gasteiger partial charge is 0.496 e. The first-order chi connectivity index (χ1) is 9.04. The topological polar surface area (TPSA) is 96.5 Å². The van der Waals surface area contributed by atoms with Crippen LogP contribution in [0.3, 0.4) is 0 Å². The molecule has 0 heterocycles. The Labute approximate surface area is 110 Å². The molecule has 1 aromatic rings. The molecule has 0 atom stereocenters. The van der Waals surface area contributed by atoms with Gasteiger partial charge >= 0.3 is 0 Å². The van der Waals surface area contributed by atoms with Crippen molar-refractivity contribution in [2.45, 2.75) is 6.92 Å². The van der Waals surface area contributed by atoms with Crippen molar-refractivity contribution in [2.24, 2.45) is 0 Å². The quantitative estimate of drug-likeness (QED) is 0.456. The van der Waals surface area contributed by atoms with E-state index in [1.165, 1.54) is 30.2 Å².